The second-order valence-corrected chi connectivity index (χ2v) is 3.44. The Labute approximate surface area is 88.0 Å². The van der Waals surface area contributed by atoms with Crippen LogP contribution in [0.2, 0.25) is 0 Å². The Bertz CT molecular complexity index is 427. The lowest BCUT2D eigenvalue weighted by molar-refractivity contribution is -0.384. The summed E-state index contributed by atoms with van der Waals surface area (Å²) in [4.78, 5) is 12.4. The first-order valence-electron chi connectivity index (χ1n) is 4.92. The molecule has 1 aliphatic rings. The van der Waals surface area contributed by atoms with E-state index in [2.05, 4.69) is 11.8 Å². The third-order valence-electron chi connectivity index (χ3n) is 2.57. The van der Waals surface area contributed by atoms with Crippen LogP contribution in [0.5, 0.6) is 0 Å². The zero-order chi connectivity index (χ0) is 10.8. The van der Waals surface area contributed by atoms with Crippen molar-refractivity contribution in [1.82, 2.24) is 0 Å². The van der Waals surface area contributed by atoms with Gasteiger partial charge in [-0.1, -0.05) is 12.2 Å². The number of hydrogen-bond donors (Lipinski definition) is 0. The molecule has 0 atom stereocenters. The molecule has 0 N–H and O–H groups in total. The van der Waals surface area contributed by atoms with Crippen molar-refractivity contribution in [2.75, 3.05) is 18.0 Å². The highest BCUT2D eigenvalue weighted by Gasteiger charge is 2.14. The average Bonchev–Trinajstić information content (AvgIpc) is 2.27. The Kier molecular flexibility index (Phi) is 2.41. The zero-order valence-electron chi connectivity index (χ0n) is 8.51. The van der Waals surface area contributed by atoms with E-state index in [1.165, 1.54) is 0 Å². The van der Waals surface area contributed by atoms with Gasteiger partial charge in [0.2, 0.25) is 0 Å². The van der Waals surface area contributed by atoms with Gasteiger partial charge < -0.3 is 4.90 Å². The molecule has 0 fully saturated rings. The van der Waals surface area contributed by atoms with Crippen molar-refractivity contribution in [2.24, 2.45) is 0 Å². The summed E-state index contributed by atoms with van der Waals surface area (Å²) in [7, 11) is 0. The lowest BCUT2D eigenvalue weighted by Crippen LogP contribution is -2.25. The van der Waals surface area contributed by atoms with Gasteiger partial charge in [-0.15, -0.1) is 0 Å². The van der Waals surface area contributed by atoms with Gasteiger partial charge in [0.25, 0.3) is 5.69 Å². The molecule has 4 heteroatoms. The predicted octanol–water partition coefficient (Wildman–Crippen LogP) is 2.45. The number of nitro groups is 1. The van der Waals surface area contributed by atoms with Gasteiger partial charge in [0.1, 0.15) is 0 Å². The molecule has 0 spiro atoms. The number of nitro benzene ring substituents is 1. The number of fused-ring (bicyclic) bond motifs is 1. The van der Waals surface area contributed by atoms with Gasteiger partial charge in [-0.05, 0) is 13.0 Å². The molecule has 15 heavy (non-hydrogen) atoms. The van der Waals surface area contributed by atoms with Crippen molar-refractivity contribution in [3.63, 3.8) is 0 Å². The highest BCUT2D eigenvalue weighted by molar-refractivity contribution is 5.73. The Morgan fingerprint density at radius 2 is 2.33 bits per heavy atom. The third kappa shape index (κ3) is 1.70. The second kappa shape index (κ2) is 3.73. The van der Waals surface area contributed by atoms with E-state index in [4.69, 9.17) is 0 Å². The fourth-order valence-corrected chi connectivity index (χ4v) is 1.78. The van der Waals surface area contributed by atoms with E-state index in [0.717, 1.165) is 24.3 Å². The largest absolute Gasteiger partial charge is 0.368 e. The number of hydrogen-bond acceptors (Lipinski definition) is 3. The van der Waals surface area contributed by atoms with Crippen molar-refractivity contribution in [2.45, 2.75) is 6.92 Å². The molecule has 0 amide bonds. The molecule has 0 radical (unpaired) electrons. The van der Waals surface area contributed by atoms with Crippen molar-refractivity contribution >= 4 is 17.5 Å². The molecule has 0 aliphatic carbocycles. The van der Waals surface area contributed by atoms with Crippen LogP contribution >= 0.6 is 0 Å². The Morgan fingerprint density at radius 1 is 1.53 bits per heavy atom. The molecule has 0 saturated heterocycles. The molecule has 1 aromatic carbocycles. The minimum absolute atomic E-state index is 0.149. The van der Waals surface area contributed by atoms with E-state index in [1.807, 2.05) is 18.2 Å². The minimum atomic E-state index is -0.362. The summed E-state index contributed by atoms with van der Waals surface area (Å²) in [6.45, 7) is 3.86. The number of benzene rings is 1. The maximum Gasteiger partial charge on any atom is 0.270 e. The summed E-state index contributed by atoms with van der Waals surface area (Å²) in [5, 5.41) is 10.6. The third-order valence-corrected chi connectivity index (χ3v) is 2.57. The topological polar surface area (TPSA) is 46.4 Å². The quantitative estimate of drug-likeness (QED) is 0.549. The Balaban J connectivity index is 2.46. The van der Waals surface area contributed by atoms with Gasteiger partial charge in [0.05, 0.1) is 4.92 Å². The van der Waals surface area contributed by atoms with Crippen LogP contribution < -0.4 is 4.90 Å². The first kappa shape index (κ1) is 9.71. The van der Waals surface area contributed by atoms with E-state index < -0.39 is 0 Å². The maximum atomic E-state index is 10.6. The van der Waals surface area contributed by atoms with Gasteiger partial charge in [-0.2, -0.15) is 0 Å². The van der Waals surface area contributed by atoms with E-state index in [1.54, 1.807) is 12.1 Å². The fraction of sp³-hybridized carbons (Fsp3) is 0.273. The van der Waals surface area contributed by atoms with Crippen molar-refractivity contribution in [3.8, 4) is 0 Å². The van der Waals surface area contributed by atoms with Crippen LogP contribution in [0.25, 0.3) is 6.08 Å². The van der Waals surface area contributed by atoms with Crippen LogP contribution in [0.1, 0.15) is 12.5 Å². The molecule has 1 aliphatic heterocycles. The molecule has 4 nitrogen and oxygen atoms in total. The summed E-state index contributed by atoms with van der Waals surface area (Å²) < 4.78 is 0. The second-order valence-electron chi connectivity index (χ2n) is 3.44. The SMILES string of the molecule is CCN1CC=Cc2cc([N+](=O)[O-])ccc21. The lowest BCUT2D eigenvalue weighted by Gasteiger charge is -2.26. The number of nitrogens with zero attached hydrogens (tertiary/aromatic N) is 2. The van der Waals surface area contributed by atoms with Gasteiger partial charge >= 0.3 is 0 Å². The van der Waals surface area contributed by atoms with Gasteiger partial charge in [0, 0.05) is 36.5 Å². The average molecular weight is 204 g/mol. The maximum absolute atomic E-state index is 10.6. The standard InChI is InChI=1S/C11H12N2O2/c1-2-12-7-3-4-9-8-10(13(14)15)5-6-11(9)12/h3-6,8H,2,7H2,1H3. The molecule has 1 heterocycles. The molecule has 78 valence electrons. The monoisotopic (exact) mass is 204 g/mol. The molecule has 0 bridgehead atoms. The highest BCUT2D eigenvalue weighted by atomic mass is 16.6. The molecule has 1 aromatic rings. The minimum Gasteiger partial charge on any atom is -0.368 e. The van der Waals surface area contributed by atoms with Crippen molar-refractivity contribution < 1.29 is 4.92 Å². The van der Waals surface area contributed by atoms with Gasteiger partial charge in [-0.3, -0.25) is 10.1 Å². The summed E-state index contributed by atoms with van der Waals surface area (Å²) in [6, 6.07) is 4.99. The zero-order valence-corrected chi connectivity index (χ0v) is 8.51. The molecule has 0 unspecified atom stereocenters. The van der Waals surface area contributed by atoms with Gasteiger partial charge in [-0.25, -0.2) is 0 Å². The van der Waals surface area contributed by atoms with Gasteiger partial charge in [0.15, 0.2) is 0 Å². The Morgan fingerprint density at radius 3 is 3.00 bits per heavy atom. The van der Waals surface area contributed by atoms with E-state index >= 15 is 0 Å². The Hall–Kier alpha value is -1.84. The van der Waals surface area contributed by atoms with Crippen LogP contribution in [0.3, 0.4) is 0 Å². The summed E-state index contributed by atoms with van der Waals surface area (Å²) in [5.74, 6) is 0. The van der Waals surface area contributed by atoms with Crippen molar-refractivity contribution in [3.05, 3.63) is 40.0 Å². The molecular formula is C11H12N2O2. The summed E-state index contributed by atoms with van der Waals surface area (Å²) >= 11 is 0. The van der Waals surface area contributed by atoms with Crippen LogP contribution in [0.4, 0.5) is 11.4 Å². The van der Waals surface area contributed by atoms with Crippen LogP contribution in [0.15, 0.2) is 24.3 Å². The lowest BCUT2D eigenvalue weighted by atomic mass is 10.1. The van der Waals surface area contributed by atoms with E-state index in [9.17, 15) is 10.1 Å². The van der Waals surface area contributed by atoms with Crippen LogP contribution in [0, 0.1) is 10.1 Å². The normalized spacial score (nSPS) is 13.8. The number of anilines is 1. The number of likely N-dealkylation sites (N-methyl/N-ethyl adjacent to an activating group) is 1. The number of rotatable bonds is 2. The number of non-ortho nitro benzene ring substituents is 1. The molecule has 2 rings (SSSR count). The molecule has 0 aromatic heterocycles. The van der Waals surface area contributed by atoms with E-state index in [0.29, 0.717) is 0 Å². The fourth-order valence-electron chi connectivity index (χ4n) is 1.78. The first-order chi connectivity index (χ1) is 7.22. The highest BCUT2D eigenvalue weighted by Crippen LogP contribution is 2.29. The first-order valence-corrected chi connectivity index (χ1v) is 4.92. The van der Waals surface area contributed by atoms with Crippen molar-refractivity contribution in [1.29, 1.82) is 0 Å². The van der Waals surface area contributed by atoms with Crippen LogP contribution in [-0.4, -0.2) is 18.0 Å². The van der Waals surface area contributed by atoms with Crippen LogP contribution in [-0.2, 0) is 0 Å². The predicted molar refractivity (Wildman–Crippen MR) is 60.0 cm³/mol. The summed E-state index contributed by atoms with van der Waals surface area (Å²) in [6.07, 6.45) is 3.96. The summed E-state index contributed by atoms with van der Waals surface area (Å²) in [5.41, 5.74) is 2.15. The molecular weight excluding hydrogens is 192 g/mol. The smallest absolute Gasteiger partial charge is 0.270 e. The van der Waals surface area contributed by atoms with E-state index in [-0.39, 0.29) is 10.6 Å². The molecule has 0 saturated carbocycles.